The summed E-state index contributed by atoms with van der Waals surface area (Å²) >= 11 is 0. The number of benzene rings is 1. The molecule has 2 aromatic heterocycles. The van der Waals surface area contributed by atoms with Crippen LogP contribution < -0.4 is 5.73 Å². The highest BCUT2D eigenvalue weighted by atomic mass is 19.4. The smallest absolute Gasteiger partial charge is 0.379 e. The molecule has 2 N–H and O–H groups in total. The first-order chi connectivity index (χ1) is 9.95. The van der Waals surface area contributed by atoms with Crippen molar-refractivity contribution in [3.63, 3.8) is 0 Å². The lowest BCUT2D eigenvalue weighted by molar-refractivity contribution is -0.137. The zero-order chi connectivity index (χ0) is 15.0. The average Bonchev–Trinajstić information content (AvgIpc) is 3.06. The van der Waals surface area contributed by atoms with Crippen molar-refractivity contribution in [1.82, 2.24) is 20.5 Å². The highest BCUT2D eigenvalue weighted by molar-refractivity contribution is 5.64. The summed E-state index contributed by atoms with van der Waals surface area (Å²) in [4.78, 5) is 3.92. The van der Waals surface area contributed by atoms with E-state index in [9.17, 15) is 13.2 Å². The van der Waals surface area contributed by atoms with Crippen molar-refractivity contribution in [2.45, 2.75) is 6.18 Å². The number of nitrogen functional groups attached to an aromatic ring is 1. The van der Waals surface area contributed by atoms with E-state index in [0.717, 1.165) is 12.1 Å². The normalized spacial score (nSPS) is 11.8. The second kappa shape index (κ2) is 4.58. The first-order valence-electron chi connectivity index (χ1n) is 5.55. The van der Waals surface area contributed by atoms with Crippen molar-refractivity contribution >= 4 is 5.82 Å². The fourth-order valence-corrected chi connectivity index (χ4v) is 1.62. The van der Waals surface area contributed by atoms with Crippen molar-refractivity contribution in [1.29, 1.82) is 0 Å². The Morgan fingerprint density at radius 2 is 1.90 bits per heavy atom. The average molecular weight is 297 g/mol. The lowest BCUT2D eigenvalue weighted by atomic mass is 10.1. The highest BCUT2D eigenvalue weighted by Gasteiger charge is 2.31. The van der Waals surface area contributed by atoms with Crippen LogP contribution >= 0.6 is 0 Å². The van der Waals surface area contributed by atoms with Gasteiger partial charge in [-0.1, -0.05) is 17.3 Å². The summed E-state index contributed by atoms with van der Waals surface area (Å²) in [6, 6.07) is 4.54. The van der Waals surface area contributed by atoms with E-state index in [2.05, 4.69) is 25.1 Å². The topological polar surface area (TPSA) is 104 Å². The van der Waals surface area contributed by atoms with Crippen LogP contribution in [0, 0.1) is 0 Å². The van der Waals surface area contributed by atoms with Gasteiger partial charge in [-0.2, -0.15) is 18.2 Å². The van der Waals surface area contributed by atoms with E-state index >= 15 is 0 Å². The minimum absolute atomic E-state index is 0.0284. The Kier molecular flexibility index (Phi) is 2.85. The second-order valence-corrected chi connectivity index (χ2v) is 4.00. The van der Waals surface area contributed by atoms with Gasteiger partial charge in [-0.3, -0.25) is 0 Å². The van der Waals surface area contributed by atoms with Gasteiger partial charge in [-0.15, -0.1) is 0 Å². The summed E-state index contributed by atoms with van der Waals surface area (Å²) < 4.78 is 47.2. The Hall–Kier alpha value is -2.91. The van der Waals surface area contributed by atoms with Crippen molar-refractivity contribution < 1.29 is 22.3 Å². The Bertz CT molecular complexity index is 780. The van der Waals surface area contributed by atoms with Crippen LogP contribution in [0.3, 0.4) is 0 Å². The summed E-state index contributed by atoms with van der Waals surface area (Å²) in [6.45, 7) is 0. The third-order valence-electron chi connectivity index (χ3n) is 2.59. The third kappa shape index (κ3) is 2.42. The summed E-state index contributed by atoms with van der Waals surface area (Å²) in [5.74, 6) is -0.186. The summed E-state index contributed by atoms with van der Waals surface area (Å²) in [7, 11) is 0. The zero-order valence-corrected chi connectivity index (χ0v) is 10.1. The van der Waals surface area contributed by atoms with Crippen LogP contribution in [0.4, 0.5) is 19.0 Å². The van der Waals surface area contributed by atoms with Crippen LogP contribution in [0.25, 0.3) is 23.0 Å². The monoisotopic (exact) mass is 297 g/mol. The molecular weight excluding hydrogens is 291 g/mol. The number of halogens is 3. The van der Waals surface area contributed by atoms with Crippen LogP contribution in [0.1, 0.15) is 5.56 Å². The number of rotatable bonds is 2. The minimum Gasteiger partial charge on any atom is -0.379 e. The van der Waals surface area contributed by atoms with Crippen molar-refractivity contribution in [3.8, 4) is 23.0 Å². The van der Waals surface area contributed by atoms with E-state index in [0.29, 0.717) is 0 Å². The Morgan fingerprint density at radius 3 is 2.57 bits per heavy atom. The first kappa shape index (κ1) is 13.1. The van der Waals surface area contributed by atoms with E-state index in [1.807, 2.05) is 0 Å². The molecule has 3 rings (SSSR count). The lowest BCUT2D eigenvalue weighted by Crippen LogP contribution is -2.04. The van der Waals surface area contributed by atoms with Gasteiger partial charge < -0.3 is 10.3 Å². The molecule has 0 aliphatic heterocycles. The van der Waals surface area contributed by atoms with Crippen molar-refractivity contribution in [2.75, 3.05) is 5.73 Å². The van der Waals surface area contributed by atoms with E-state index in [1.165, 1.54) is 12.1 Å². The Labute approximate surface area is 114 Å². The fourth-order valence-electron chi connectivity index (χ4n) is 1.62. The molecule has 21 heavy (non-hydrogen) atoms. The van der Waals surface area contributed by atoms with Gasteiger partial charge in [0.05, 0.1) is 5.56 Å². The molecule has 3 aromatic rings. The van der Waals surface area contributed by atoms with Gasteiger partial charge in [-0.05, 0) is 22.4 Å². The first-order valence-corrected chi connectivity index (χ1v) is 5.55. The molecule has 0 bridgehead atoms. The van der Waals surface area contributed by atoms with Gasteiger partial charge in [0, 0.05) is 5.56 Å². The van der Waals surface area contributed by atoms with Crippen LogP contribution in [0.5, 0.6) is 0 Å². The van der Waals surface area contributed by atoms with Gasteiger partial charge >= 0.3 is 6.18 Å². The van der Waals surface area contributed by atoms with Gasteiger partial charge in [0.1, 0.15) is 0 Å². The maximum absolute atomic E-state index is 12.7. The number of alkyl halides is 3. The molecule has 0 amide bonds. The quantitative estimate of drug-likeness (QED) is 0.774. The molecule has 0 radical (unpaired) electrons. The number of aromatic nitrogens is 4. The number of nitrogens with zero attached hydrogens (tertiary/aromatic N) is 4. The molecule has 0 unspecified atom stereocenters. The highest BCUT2D eigenvalue weighted by Crippen LogP contribution is 2.32. The van der Waals surface area contributed by atoms with Gasteiger partial charge in [0.25, 0.3) is 5.89 Å². The summed E-state index contributed by atoms with van der Waals surface area (Å²) in [6.07, 6.45) is -4.46. The van der Waals surface area contributed by atoms with E-state index in [-0.39, 0.29) is 28.8 Å². The SMILES string of the molecule is Nc1nonc1-c1nc(-c2cccc(C(F)(F)F)c2)no1. The van der Waals surface area contributed by atoms with E-state index < -0.39 is 11.7 Å². The van der Waals surface area contributed by atoms with Gasteiger partial charge in [0.2, 0.25) is 17.3 Å². The predicted molar refractivity (Wildman–Crippen MR) is 62.4 cm³/mol. The Balaban J connectivity index is 1.99. The number of hydrogen-bond donors (Lipinski definition) is 1. The molecular formula is C11H6F3N5O2. The largest absolute Gasteiger partial charge is 0.416 e. The molecule has 108 valence electrons. The zero-order valence-electron chi connectivity index (χ0n) is 10.1. The van der Waals surface area contributed by atoms with Crippen LogP contribution in [0.2, 0.25) is 0 Å². The molecule has 0 spiro atoms. The summed E-state index contributed by atoms with van der Waals surface area (Å²) in [5, 5.41) is 10.4. The minimum atomic E-state index is -4.46. The second-order valence-electron chi connectivity index (χ2n) is 4.00. The summed E-state index contributed by atoms with van der Waals surface area (Å²) in [5.41, 5.74) is 4.82. The van der Waals surface area contributed by atoms with Crippen molar-refractivity contribution in [3.05, 3.63) is 29.8 Å². The molecule has 0 saturated heterocycles. The molecule has 7 nitrogen and oxygen atoms in total. The Morgan fingerprint density at radius 1 is 1.10 bits per heavy atom. The van der Waals surface area contributed by atoms with E-state index in [1.54, 1.807) is 0 Å². The maximum atomic E-state index is 12.7. The van der Waals surface area contributed by atoms with Gasteiger partial charge in [0.15, 0.2) is 0 Å². The van der Waals surface area contributed by atoms with Crippen LogP contribution in [-0.4, -0.2) is 20.5 Å². The van der Waals surface area contributed by atoms with Crippen LogP contribution in [0.15, 0.2) is 33.4 Å². The molecule has 0 saturated carbocycles. The molecule has 2 heterocycles. The lowest BCUT2D eigenvalue weighted by Gasteiger charge is -2.06. The number of hydrogen-bond acceptors (Lipinski definition) is 7. The molecule has 0 atom stereocenters. The van der Waals surface area contributed by atoms with Crippen LogP contribution in [-0.2, 0) is 6.18 Å². The van der Waals surface area contributed by atoms with Gasteiger partial charge in [-0.25, -0.2) is 4.63 Å². The molecule has 10 heteroatoms. The molecule has 0 fully saturated rings. The number of nitrogens with two attached hydrogens (primary N) is 1. The predicted octanol–water partition coefficient (Wildman–Crippen LogP) is 2.39. The maximum Gasteiger partial charge on any atom is 0.416 e. The fraction of sp³-hybridized carbons (Fsp3) is 0.0909. The third-order valence-corrected chi connectivity index (χ3v) is 2.59. The molecule has 1 aromatic carbocycles. The van der Waals surface area contributed by atoms with E-state index in [4.69, 9.17) is 10.3 Å². The molecule has 0 aliphatic carbocycles. The molecule has 0 aliphatic rings. The number of anilines is 1. The standard InChI is InChI=1S/C11H6F3N5O2/c12-11(13,14)6-3-1-2-5(4-6)9-16-10(20-19-9)7-8(15)18-21-17-7/h1-4H,(H2,15,18). The van der Waals surface area contributed by atoms with Crippen molar-refractivity contribution in [2.24, 2.45) is 0 Å².